The van der Waals surface area contributed by atoms with Crippen LogP contribution in [0, 0.1) is 11.6 Å². The highest BCUT2D eigenvalue weighted by atomic mass is 19.2. The highest BCUT2D eigenvalue weighted by Crippen LogP contribution is 2.17. The van der Waals surface area contributed by atoms with E-state index in [1.807, 2.05) is 0 Å². The fourth-order valence-electron chi connectivity index (χ4n) is 1.50. The summed E-state index contributed by atoms with van der Waals surface area (Å²) in [6, 6.07) is 3.47. The molecule has 2 aromatic heterocycles. The van der Waals surface area contributed by atoms with Crippen LogP contribution in [0.15, 0.2) is 30.7 Å². The number of halogens is 2. The molecule has 0 bridgehead atoms. The van der Waals surface area contributed by atoms with Crippen molar-refractivity contribution >= 4 is 22.8 Å². The highest BCUT2D eigenvalue weighted by Gasteiger charge is 2.05. The van der Waals surface area contributed by atoms with Crippen LogP contribution in [0.2, 0.25) is 0 Å². The average Bonchev–Trinajstić information content (AvgIpc) is 2.81. The van der Waals surface area contributed by atoms with Gasteiger partial charge in [-0.1, -0.05) is 0 Å². The van der Waals surface area contributed by atoms with Gasteiger partial charge in [0.15, 0.2) is 17.3 Å². The minimum Gasteiger partial charge on any atom is -0.342 e. The molecule has 0 fully saturated rings. The normalized spacial score (nSPS) is 10.8. The maximum Gasteiger partial charge on any atom is 0.229 e. The molecule has 0 saturated heterocycles. The van der Waals surface area contributed by atoms with Gasteiger partial charge in [-0.05, 0) is 12.1 Å². The molecule has 0 aliphatic carbocycles. The predicted molar refractivity (Wildman–Crippen MR) is 61.3 cm³/mol. The van der Waals surface area contributed by atoms with Crippen molar-refractivity contribution in [2.24, 2.45) is 0 Å². The van der Waals surface area contributed by atoms with Crippen molar-refractivity contribution in [1.29, 1.82) is 0 Å². The SMILES string of the molecule is Fc1ccc(Nc2ncc3[nH]cnc3n2)cc1F. The van der Waals surface area contributed by atoms with Gasteiger partial charge < -0.3 is 10.3 Å². The molecule has 0 atom stereocenters. The maximum atomic E-state index is 13.0. The largest absolute Gasteiger partial charge is 0.342 e. The van der Waals surface area contributed by atoms with Crippen LogP contribution in [0.3, 0.4) is 0 Å². The van der Waals surface area contributed by atoms with Crippen molar-refractivity contribution in [3.8, 4) is 0 Å². The van der Waals surface area contributed by atoms with E-state index in [4.69, 9.17) is 0 Å². The molecule has 0 radical (unpaired) electrons. The van der Waals surface area contributed by atoms with Crippen molar-refractivity contribution < 1.29 is 8.78 Å². The number of rotatable bonds is 2. The van der Waals surface area contributed by atoms with Gasteiger partial charge in [0.25, 0.3) is 0 Å². The summed E-state index contributed by atoms with van der Waals surface area (Å²) < 4.78 is 25.8. The summed E-state index contributed by atoms with van der Waals surface area (Å²) in [6.45, 7) is 0. The number of hydrogen-bond acceptors (Lipinski definition) is 4. The van der Waals surface area contributed by atoms with Gasteiger partial charge in [-0.3, -0.25) is 0 Å². The number of fused-ring (bicyclic) bond motifs is 1. The van der Waals surface area contributed by atoms with E-state index >= 15 is 0 Å². The lowest BCUT2D eigenvalue weighted by Gasteiger charge is -2.04. The van der Waals surface area contributed by atoms with Gasteiger partial charge in [-0.25, -0.2) is 18.7 Å². The maximum absolute atomic E-state index is 13.0. The Morgan fingerprint density at radius 1 is 1.11 bits per heavy atom. The number of nitrogens with zero attached hydrogens (tertiary/aromatic N) is 3. The zero-order valence-corrected chi connectivity index (χ0v) is 8.98. The summed E-state index contributed by atoms with van der Waals surface area (Å²) in [6.07, 6.45) is 3.05. The van der Waals surface area contributed by atoms with E-state index in [1.165, 1.54) is 12.4 Å². The van der Waals surface area contributed by atoms with E-state index in [9.17, 15) is 8.78 Å². The van der Waals surface area contributed by atoms with Crippen LogP contribution in [0.4, 0.5) is 20.4 Å². The monoisotopic (exact) mass is 247 g/mol. The number of nitrogens with one attached hydrogen (secondary N) is 2. The topological polar surface area (TPSA) is 66.5 Å². The van der Waals surface area contributed by atoms with E-state index in [-0.39, 0.29) is 5.95 Å². The molecule has 0 unspecified atom stereocenters. The molecule has 2 heterocycles. The standard InChI is InChI=1S/C11H7F2N5/c12-7-2-1-6(3-8(7)13)17-11-14-4-9-10(18-11)16-5-15-9/h1-5H,(H2,14,15,16,17,18). The van der Waals surface area contributed by atoms with Gasteiger partial charge in [0.2, 0.25) is 5.95 Å². The summed E-state index contributed by atoms with van der Waals surface area (Å²) in [5.41, 5.74) is 1.56. The van der Waals surface area contributed by atoms with Gasteiger partial charge in [0, 0.05) is 11.8 Å². The number of aromatic amines is 1. The summed E-state index contributed by atoms with van der Waals surface area (Å²) in [4.78, 5) is 14.9. The third-order valence-corrected chi connectivity index (χ3v) is 2.35. The summed E-state index contributed by atoms with van der Waals surface area (Å²) >= 11 is 0. The Morgan fingerprint density at radius 2 is 2.00 bits per heavy atom. The highest BCUT2D eigenvalue weighted by molar-refractivity contribution is 5.70. The molecule has 0 spiro atoms. The van der Waals surface area contributed by atoms with E-state index in [0.29, 0.717) is 16.9 Å². The second-order valence-corrected chi connectivity index (χ2v) is 3.59. The summed E-state index contributed by atoms with van der Waals surface area (Å²) in [5, 5.41) is 2.77. The molecule has 0 aliphatic rings. The Bertz CT molecular complexity index is 709. The van der Waals surface area contributed by atoms with Crippen molar-refractivity contribution in [2.75, 3.05) is 5.32 Å². The molecule has 3 rings (SSSR count). The molecular formula is C11H7F2N5. The molecule has 5 nitrogen and oxygen atoms in total. The average molecular weight is 247 g/mol. The Labute approximate surface area is 99.9 Å². The molecular weight excluding hydrogens is 240 g/mol. The third kappa shape index (κ3) is 1.86. The Kier molecular flexibility index (Phi) is 2.36. The van der Waals surface area contributed by atoms with E-state index in [1.54, 1.807) is 6.20 Å². The fourth-order valence-corrected chi connectivity index (χ4v) is 1.50. The van der Waals surface area contributed by atoms with Crippen LogP contribution in [-0.2, 0) is 0 Å². The molecule has 2 N–H and O–H groups in total. The van der Waals surface area contributed by atoms with Gasteiger partial charge in [0.1, 0.15) is 5.52 Å². The molecule has 0 aliphatic heterocycles. The number of hydrogen-bond donors (Lipinski definition) is 2. The molecule has 90 valence electrons. The molecule has 0 saturated carbocycles. The molecule has 3 aromatic rings. The van der Waals surface area contributed by atoms with Crippen LogP contribution >= 0.6 is 0 Å². The van der Waals surface area contributed by atoms with Gasteiger partial charge in [-0.15, -0.1) is 0 Å². The predicted octanol–water partition coefficient (Wildman–Crippen LogP) is 2.37. The number of H-pyrrole nitrogens is 1. The third-order valence-electron chi connectivity index (χ3n) is 2.35. The van der Waals surface area contributed by atoms with Crippen LogP contribution in [-0.4, -0.2) is 19.9 Å². The molecule has 18 heavy (non-hydrogen) atoms. The van der Waals surface area contributed by atoms with Gasteiger partial charge in [0.05, 0.1) is 12.5 Å². The van der Waals surface area contributed by atoms with E-state index in [0.717, 1.165) is 12.1 Å². The first-order valence-corrected chi connectivity index (χ1v) is 5.10. The minimum absolute atomic E-state index is 0.264. The van der Waals surface area contributed by atoms with Crippen LogP contribution in [0.1, 0.15) is 0 Å². The Balaban J connectivity index is 1.92. The van der Waals surface area contributed by atoms with Crippen LogP contribution < -0.4 is 5.32 Å². The van der Waals surface area contributed by atoms with Crippen molar-refractivity contribution in [1.82, 2.24) is 19.9 Å². The number of benzene rings is 1. The van der Waals surface area contributed by atoms with Crippen LogP contribution in [0.5, 0.6) is 0 Å². The Morgan fingerprint density at radius 3 is 2.83 bits per heavy atom. The summed E-state index contributed by atoms with van der Waals surface area (Å²) in [7, 11) is 0. The van der Waals surface area contributed by atoms with E-state index in [2.05, 4.69) is 25.3 Å². The zero-order chi connectivity index (χ0) is 12.5. The first-order valence-electron chi connectivity index (χ1n) is 5.10. The molecule has 0 amide bonds. The number of aromatic nitrogens is 4. The lowest BCUT2D eigenvalue weighted by molar-refractivity contribution is 0.509. The quantitative estimate of drug-likeness (QED) is 0.729. The lowest BCUT2D eigenvalue weighted by Crippen LogP contribution is -1.98. The Hall–Kier alpha value is -2.57. The number of anilines is 2. The zero-order valence-electron chi connectivity index (χ0n) is 8.98. The second kappa shape index (κ2) is 4.02. The first-order chi connectivity index (χ1) is 8.72. The van der Waals surface area contributed by atoms with Crippen molar-refractivity contribution in [3.05, 3.63) is 42.4 Å². The lowest BCUT2D eigenvalue weighted by atomic mass is 10.3. The molecule has 1 aromatic carbocycles. The smallest absolute Gasteiger partial charge is 0.229 e. The summed E-state index contributed by atoms with van der Waals surface area (Å²) in [5.74, 6) is -1.56. The first kappa shape index (κ1) is 10.6. The number of imidazole rings is 1. The van der Waals surface area contributed by atoms with Crippen LogP contribution in [0.25, 0.3) is 11.2 Å². The van der Waals surface area contributed by atoms with Crippen molar-refractivity contribution in [3.63, 3.8) is 0 Å². The van der Waals surface area contributed by atoms with Crippen molar-refractivity contribution in [2.45, 2.75) is 0 Å². The van der Waals surface area contributed by atoms with E-state index < -0.39 is 11.6 Å². The molecule has 7 heteroatoms. The van der Waals surface area contributed by atoms with Gasteiger partial charge >= 0.3 is 0 Å². The second-order valence-electron chi connectivity index (χ2n) is 3.59. The fraction of sp³-hybridized carbons (Fsp3) is 0. The minimum atomic E-state index is -0.930. The van der Waals surface area contributed by atoms with Gasteiger partial charge in [-0.2, -0.15) is 4.98 Å².